The molecule has 0 radical (unpaired) electrons. The number of alkyl halides is 1. The van der Waals surface area contributed by atoms with E-state index in [0.29, 0.717) is 5.41 Å². The van der Waals surface area contributed by atoms with Gasteiger partial charge in [-0.1, -0.05) is 27.7 Å². The van der Waals surface area contributed by atoms with Crippen LogP contribution in [0.4, 0.5) is 0 Å². The molecule has 7 heavy (non-hydrogen) atoms. The highest BCUT2D eigenvalue weighted by Gasteiger charge is 1.95. The molecule has 0 bridgehead atoms. The Labute approximate surface area is 51.9 Å². The van der Waals surface area contributed by atoms with Gasteiger partial charge in [0.05, 0.1) is 0 Å². The van der Waals surface area contributed by atoms with Crippen LogP contribution in [0.5, 0.6) is 0 Å². The van der Waals surface area contributed by atoms with E-state index in [9.17, 15) is 0 Å². The zero-order valence-electron chi connectivity index (χ0n) is 5.88. The molecule has 0 rings (SSSR count). The largest absolute Gasteiger partial charge is 0.130 e. The summed E-state index contributed by atoms with van der Waals surface area (Å²) < 4.78 is 0. The number of rotatable bonds is 0. The lowest BCUT2D eigenvalue weighted by Gasteiger charge is -2.05. The van der Waals surface area contributed by atoms with Gasteiger partial charge in [-0.25, -0.2) is 0 Å². The van der Waals surface area contributed by atoms with E-state index in [1.807, 2.05) is 0 Å². The summed E-state index contributed by atoms with van der Waals surface area (Å²) in [6.07, 6.45) is 1.47. The number of hydrogen-bond acceptors (Lipinski definition) is 0. The molecule has 0 aliphatic heterocycles. The van der Waals surface area contributed by atoms with Crippen LogP contribution < -0.4 is 0 Å². The van der Waals surface area contributed by atoms with Crippen LogP contribution >= 0.6 is 11.6 Å². The highest BCUT2D eigenvalue weighted by molar-refractivity contribution is 6.15. The fourth-order valence-electron chi connectivity index (χ4n) is 0. The van der Waals surface area contributed by atoms with Crippen molar-refractivity contribution in [2.45, 2.75) is 27.7 Å². The van der Waals surface area contributed by atoms with Crippen LogP contribution in [0.25, 0.3) is 0 Å². The quantitative estimate of drug-likeness (QED) is 0.434. The minimum atomic E-state index is 0.500. The lowest BCUT2D eigenvalue weighted by atomic mass is 10.0. The Morgan fingerprint density at radius 3 is 0.857 bits per heavy atom. The zero-order chi connectivity index (χ0) is 6.50. The van der Waals surface area contributed by atoms with Crippen LogP contribution in [-0.2, 0) is 0 Å². The summed E-state index contributed by atoms with van der Waals surface area (Å²) in [6, 6.07) is 0. The molecule has 0 aliphatic rings. The molecule has 0 aromatic rings. The Hall–Kier alpha value is 0.290. The molecule has 0 aliphatic carbocycles. The lowest BCUT2D eigenvalue weighted by Crippen LogP contribution is -1.93. The summed E-state index contributed by atoms with van der Waals surface area (Å²) in [7, 11) is 0. The minimum Gasteiger partial charge on any atom is -0.130 e. The molecule has 0 spiro atoms. The monoisotopic (exact) mass is 122 g/mol. The van der Waals surface area contributed by atoms with Crippen LogP contribution in [0.1, 0.15) is 27.7 Å². The molecule has 0 atom stereocenters. The van der Waals surface area contributed by atoms with Crippen molar-refractivity contribution >= 4 is 11.6 Å². The highest BCUT2D eigenvalue weighted by Crippen LogP contribution is 2.07. The molecular formula is C6H15Cl. The summed E-state index contributed by atoms with van der Waals surface area (Å²) in [4.78, 5) is 0. The third-order valence-corrected chi connectivity index (χ3v) is 0. The fourth-order valence-corrected chi connectivity index (χ4v) is 0. The zero-order valence-corrected chi connectivity index (χ0v) is 6.63. The molecule has 46 valence electrons. The van der Waals surface area contributed by atoms with Crippen molar-refractivity contribution < 1.29 is 0 Å². The van der Waals surface area contributed by atoms with Gasteiger partial charge in [0.2, 0.25) is 0 Å². The molecule has 0 N–H and O–H groups in total. The lowest BCUT2D eigenvalue weighted by molar-refractivity contribution is 0.469. The Bertz CT molecular complexity index is 19.7. The summed E-state index contributed by atoms with van der Waals surface area (Å²) in [5.41, 5.74) is 0.500. The predicted molar refractivity (Wildman–Crippen MR) is 36.9 cm³/mol. The van der Waals surface area contributed by atoms with E-state index in [1.54, 1.807) is 0 Å². The van der Waals surface area contributed by atoms with Gasteiger partial charge < -0.3 is 0 Å². The van der Waals surface area contributed by atoms with Gasteiger partial charge in [0.25, 0.3) is 0 Å². The molecule has 0 fully saturated rings. The maximum atomic E-state index is 4.64. The van der Waals surface area contributed by atoms with Crippen LogP contribution in [0, 0.1) is 5.41 Å². The normalized spacial score (nSPS) is 9.43. The Morgan fingerprint density at radius 2 is 0.857 bits per heavy atom. The van der Waals surface area contributed by atoms with Crippen molar-refractivity contribution in [1.82, 2.24) is 0 Å². The molecule has 0 unspecified atom stereocenters. The molecule has 0 aromatic carbocycles. The Morgan fingerprint density at radius 1 is 0.857 bits per heavy atom. The second-order valence-corrected chi connectivity index (χ2v) is 3.00. The van der Waals surface area contributed by atoms with Crippen LogP contribution in [0.2, 0.25) is 0 Å². The summed E-state index contributed by atoms with van der Waals surface area (Å²) in [5, 5.41) is 0. The molecular weight excluding hydrogens is 108 g/mol. The second kappa shape index (κ2) is 4.45. The van der Waals surface area contributed by atoms with Crippen molar-refractivity contribution in [3.63, 3.8) is 0 Å². The third kappa shape index (κ3) is 1380. The second-order valence-electron chi connectivity index (χ2n) is 3.00. The van der Waals surface area contributed by atoms with Gasteiger partial charge in [-0.05, 0) is 5.41 Å². The first-order chi connectivity index (χ1) is 3.00. The molecule has 0 saturated carbocycles. The Balaban J connectivity index is 0. The predicted octanol–water partition coefficient (Wildman–Crippen LogP) is 2.91. The fraction of sp³-hybridized carbons (Fsp3) is 1.00. The number of hydrogen-bond donors (Lipinski definition) is 0. The third-order valence-electron chi connectivity index (χ3n) is 0. The molecule has 0 aromatic heterocycles. The molecule has 0 amide bonds. The first-order valence-corrected chi connectivity index (χ1v) is 3.13. The van der Waals surface area contributed by atoms with Gasteiger partial charge in [0, 0.05) is 6.38 Å². The maximum absolute atomic E-state index is 4.64. The van der Waals surface area contributed by atoms with E-state index >= 15 is 0 Å². The maximum Gasteiger partial charge on any atom is 0.0108 e. The molecule has 0 nitrogen and oxygen atoms in total. The molecule has 0 heterocycles. The van der Waals surface area contributed by atoms with Crippen molar-refractivity contribution in [1.29, 1.82) is 0 Å². The standard InChI is InChI=1S/C5H12.CH3Cl/c1-5(2,3)4;1-2/h1-4H3;1H3. The van der Waals surface area contributed by atoms with E-state index < -0.39 is 0 Å². The molecule has 1 heteroatoms. The van der Waals surface area contributed by atoms with Crippen molar-refractivity contribution in [2.24, 2.45) is 5.41 Å². The smallest absolute Gasteiger partial charge is 0.0108 e. The SMILES string of the molecule is CC(C)(C)C.CCl. The van der Waals surface area contributed by atoms with E-state index in [0.717, 1.165) is 0 Å². The van der Waals surface area contributed by atoms with Crippen molar-refractivity contribution in [3.05, 3.63) is 0 Å². The van der Waals surface area contributed by atoms with Crippen LogP contribution in [-0.4, -0.2) is 6.38 Å². The Kier molecular flexibility index (Phi) is 6.55. The van der Waals surface area contributed by atoms with Crippen molar-refractivity contribution in [2.75, 3.05) is 6.38 Å². The van der Waals surface area contributed by atoms with E-state index in [2.05, 4.69) is 39.3 Å². The van der Waals surface area contributed by atoms with Gasteiger partial charge in [-0.3, -0.25) is 0 Å². The summed E-state index contributed by atoms with van der Waals surface area (Å²) in [6.45, 7) is 8.75. The average molecular weight is 123 g/mol. The highest BCUT2D eigenvalue weighted by atomic mass is 35.5. The summed E-state index contributed by atoms with van der Waals surface area (Å²) in [5.74, 6) is 0. The average Bonchev–Trinajstić information content (AvgIpc) is 1.36. The summed E-state index contributed by atoms with van der Waals surface area (Å²) >= 11 is 4.64. The van der Waals surface area contributed by atoms with E-state index in [1.165, 1.54) is 6.38 Å². The van der Waals surface area contributed by atoms with Gasteiger partial charge in [0.15, 0.2) is 0 Å². The van der Waals surface area contributed by atoms with Crippen LogP contribution in [0.15, 0.2) is 0 Å². The van der Waals surface area contributed by atoms with Gasteiger partial charge in [-0.15, -0.1) is 11.6 Å². The molecule has 0 saturated heterocycles. The number of halogens is 1. The van der Waals surface area contributed by atoms with Gasteiger partial charge in [-0.2, -0.15) is 0 Å². The van der Waals surface area contributed by atoms with Crippen LogP contribution in [0.3, 0.4) is 0 Å². The van der Waals surface area contributed by atoms with Crippen molar-refractivity contribution in [3.8, 4) is 0 Å². The van der Waals surface area contributed by atoms with E-state index in [-0.39, 0.29) is 0 Å². The van der Waals surface area contributed by atoms with E-state index in [4.69, 9.17) is 0 Å². The van der Waals surface area contributed by atoms with Gasteiger partial charge in [0.1, 0.15) is 0 Å². The first-order valence-electron chi connectivity index (χ1n) is 2.38. The van der Waals surface area contributed by atoms with Gasteiger partial charge >= 0.3 is 0 Å². The topological polar surface area (TPSA) is 0 Å². The first kappa shape index (κ1) is 10.3. The minimum absolute atomic E-state index is 0.500.